The molecule has 1 aliphatic rings. The highest BCUT2D eigenvalue weighted by molar-refractivity contribution is 14.1. The van der Waals surface area contributed by atoms with Crippen molar-refractivity contribution >= 4 is 22.6 Å². The summed E-state index contributed by atoms with van der Waals surface area (Å²) in [6.07, 6.45) is 9.77. The summed E-state index contributed by atoms with van der Waals surface area (Å²) in [4.78, 5) is 0. The molecule has 19 heavy (non-hydrogen) atoms. The van der Waals surface area contributed by atoms with Crippen molar-refractivity contribution in [2.24, 2.45) is 5.92 Å². The van der Waals surface area contributed by atoms with Crippen molar-refractivity contribution in [1.29, 1.82) is 0 Å². The lowest BCUT2D eigenvalue weighted by Crippen LogP contribution is -2.37. The molecular formula is C17H26IN. The first-order valence-corrected chi connectivity index (χ1v) is 8.85. The molecule has 0 spiro atoms. The zero-order valence-corrected chi connectivity index (χ0v) is 14.2. The number of benzene rings is 1. The van der Waals surface area contributed by atoms with Crippen LogP contribution in [0.15, 0.2) is 24.3 Å². The van der Waals surface area contributed by atoms with Gasteiger partial charge in [0.15, 0.2) is 0 Å². The molecule has 1 fully saturated rings. The molecule has 106 valence electrons. The van der Waals surface area contributed by atoms with E-state index in [2.05, 4.69) is 59.1 Å². The fourth-order valence-corrected chi connectivity index (χ4v) is 3.62. The largest absolute Gasteiger partial charge is 0.314 e. The maximum Gasteiger partial charge on any atom is 0.0136 e. The van der Waals surface area contributed by atoms with E-state index < -0.39 is 0 Å². The maximum absolute atomic E-state index is 3.74. The Labute approximate surface area is 131 Å². The van der Waals surface area contributed by atoms with Crippen molar-refractivity contribution in [2.45, 2.75) is 57.9 Å². The van der Waals surface area contributed by atoms with E-state index in [9.17, 15) is 0 Å². The zero-order chi connectivity index (χ0) is 13.5. The molecule has 0 saturated heterocycles. The fraction of sp³-hybridized carbons (Fsp3) is 0.647. The Balaban J connectivity index is 1.99. The average Bonchev–Trinajstić information content (AvgIpc) is 2.70. The lowest BCUT2D eigenvalue weighted by atomic mass is 9.87. The van der Waals surface area contributed by atoms with E-state index in [1.807, 2.05) is 0 Å². The summed E-state index contributed by atoms with van der Waals surface area (Å²) in [5.74, 6) is 0.877. The molecule has 0 amide bonds. The number of hydrogen-bond donors (Lipinski definition) is 1. The highest BCUT2D eigenvalue weighted by Gasteiger charge is 2.22. The number of halogens is 1. The van der Waals surface area contributed by atoms with Gasteiger partial charge in [-0.25, -0.2) is 0 Å². The van der Waals surface area contributed by atoms with Gasteiger partial charge >= 0.3 is 0 Å². The first-order valence-electron chi connectivity index (χ1n) is 7.77. The molecule has 0 radical (unpaired) electrons. The van der Waals surface area contributed by atoms with Crippen LogP contribution in [0.4, 0.5) is 0 Å². The van der Waals surface area contributed by atoms with Crippen LogP contribution in [0.25, 0.3) is 0 Å². The van der Waals surface area contributed by atoms with Crippen LogP contribution in [-0.4, -0.2) is 12.6 Å². The molecule has 1 unspecified atom stereocenters. The Morgan fingerprint density at radius 2 is 1.74 bits per heavy atom. The van der Waals surface area contributed by atoms with Crippen molar-refractivity contribution < 1.29 is 0 Å². The number of rotatable bonds is 5. The molecule has 2 heteroatoms. The Bertz CT molecular complexity index is 352. The van der Waals surface area contributed by atoms with Crippen LogP contribution in [0.5, 0.6) is 0 Å². The lowest BCUT2D eigenvalue weighted by Gasteiger charge is -2.27. The molecular weight excluding hydrogens is 345 g/mol. The molecule has 0 aromatic heterocycles. The van der Waals surface area contributed by atoms with Gasteiger partial charge in [-0.15, -0.1) is 0 Å². The van der Waals surface area contributed by atoms with E-state index in [4.69, 9.17) is 0 Å². The third kappa shape index (κ3) is 5.07. The van der Waals surface area contributed by atoms with Gasteiger partial charge < -0.3 is 5.32 Å². The van der Waals surface area contributed by atoms with E-state index in [1.165, 1.54) is 54.1 Å². The predicted molar refractivity (Wildman–Crippen MR) is 91.5 cm³/mol. The van der Waals surface area contributed by atoms with Crippen molar-refractivity contribution in [3.63, 3.8) is 0 Å². The minimum Gasteiger partial charge on any atom is -0.314 e. The SMILES string of the molecule is CCNC(Cc1ccc(I)cc1)C1CCCCCC1. The highest BCUT2D eigenvalue weighted by Crippen LogP contribution is 2.27. The quantitative estimate of drug-likeness (QED) is 0.580. The number of nitrogens with one attached hydrogen (secondary N) is 1. The highest BCUT2D eigenvalue weighted by atomic mass is 127. The molecule has 1 nitrogen and oxygen atoms in total. The van der Waals surface area contributed by atoms with Gasteiger partial charge in [0, 0.05) is 9.61 Å². The third-order valence-electron chi connectivity index (χ3n) is 4.30. The smallest absolute Gasteiger partial charge is 0.0136 e. The minimum atomic E-state index is 0.670. The van der Waals surface area contributed by atoms with Gasteiger partial charge in [0.2, 0.25) is 0 Å². The summed E-state index contributed by atoms with van der Waals surface area (Å²) < 4.78 is 1.33. The summed E-state index contributed by atoms with van der Waals surface area (Å²) in [5.41, 5.74) is 1.48. The summed E-state index contributed by atoms with van der Waals surface area (Å²) >= 11 is 2.38. The van der Waals surface area contributed by atoms with Gasteiger partial charge in [0.1, 0.15) is 0 Å². The molecule has 1 aromatic rings. The van der Waals surface area contributed by atoms with Crippen LogP contribution >= 0.6 is 22.6 Å². The Kier molecular flexibility index (Phi) is 6.65. The number of hydrogen-bond acceptors (Lipinski definition) is 1. The Hall–Kier alpha value is -0.0900. The van der Waals surface area contributed by atoms with Gasteiger partial charge in [-0.1, -0.05) is 44.7 Å². The van der Waals surface area contributed by atoms with Crippen LogP contribution in [0.2, 0.25) is 0 Å². The first kappa shape index (κ1) is 15.3. The molecule has 0 aliphatic heterocycles. The second kappa shape index (κ2) is 8.25. The molecule has 1 N–H and O–H groups in total. The normalized spacial score (nSPS) is 19.1. The van der Waals surface area contributed by atoms with Crippen LogP contribution < -0.4 is 5.32 Å². The van der Waals surface area contributed by atoms with E-state index >= 15 is 0 Å². The van der Waals surface area contributed by atoms with E-state index in [-0.39, 0.29) is 0 Å². The first-order chi connectivity index (χ1) is 9.29. The van der Waals surface area contributed by atoms with E-state index in [0.29, 0.717) is 6.04 Å². The van der Waals surface area contributed by atoms with Crippen LogP contribution in [0.1, 0.15) is 51.0 Å². The Morgan fingerprint density at radius 1 is 1.11 bits per heavy atom. The van der Waals surface area contributed by atoms with Gasteiger partial charge in [0.25, 0.3) is 0 Å². The number of likely N-dealkylation sites (N-methyl/N-ethyl adjacent to an activating group) is 1. The lowest BCUT2D eigenvalue weighted by molar-refractivity contribution is 0.321. The van der Waals surface area contributed by atoms with Gasteiger partial charge in [-0.2, -0.15) is 0 Å². The van der Waals surface area contributed by atoms with Crippen LogP contribution in [0, 0.1) is 9.49 Å². The second-order valence-electron chi connectivity index (χ2n) is 5.75. The minimum absolute atomic E-state index is 0.670. The second-order valence-corrected chi connectivity index (χ2v) is 6.99. The molecule has 0 bridgehead atoms. The molecule has 1 saturated carbocycles. The summed E-state index contributed by atoms with van der Waals surface area (Å²) in [6, 6.07) is 9.71. The van der Waals surface area contributed by atoms with E-state index in [1.54, 1.807) is 0 Å². The van der Waals surface area contributed by atoms with Gasteiger partial charge in [0.05, 0.1) is 0 Å². The maximum atomic E-state index is 3.74. The average molecular weight is 371 g/mol. The predicted octanol–water partition coefficient (Wildman–Crippen LogP) is 4.78. The molecule has 1 aromatic carbocycles. The van der Waals surface area contributed by atoms with E-state index in [0.717, 1.165) is 12.5 Å². The molecule has 1 atom stereocenters. The molecule has 1 aliphatic carbocycles. The van der Waals surface area contributed by atoms with Gasteiger partial charge in [-0.3, -0.25) is 0 Å². The van der Waals surface area contributed by atoms with Crippen molar-refractivity contribution in [1.82, 2.24) is 5.32 Å². The van der Waals surface area contributed by atoms with Crippen molar-refractivity contribution in [3.05, 3.63) is 33.4 Å². The van der Waals surface area contributed by atoms with Gasteiger partial charge in [-0.05, 0) is 72.0 Å². The summed E-state index contributed by atoms with van der Waals surface area (Å²) in [5, 5.41) is 3.74. The van der Waals surface area contributed by atoms with Crippen LogP contribution in [0.3, 0.4) is 0 Å². The summed E-state index contributed by atoms with van der Waals surface area (Å²) in [6.45, 7) is 3.32. The topological polar surface area (TPSA) is 12.0 Å². The Morgan fingerprint density at radius 3 is 2.32 bits per heavy atom. The van der Waals surface area contributed by atoms with Crippen LogP contribution in [-0.2, 0) is 6.42 Å². The third-order valence-corrected chi connectivity index (χ3v) is 5.02. The van der Waals surface area contributed by atoms with Crippen molar-refractivity contribution in [2.75, 3.05) is 6.54 Å². The molecule has 2 rings (SSSR count). The standard InChI is InChI=1S/C17H26IN/c1-2-19-17(15-7-5-3-4-6-8-15)13-14-9-11-16(18)12-10-14/h9-12,15,17,19H,2-8,13H2,1H3. The summed E-state index contributed by atoms with van der Waals surface area (Å²) in [7, 11) is 0. The zero-order valence-electron chi connectivity index (χ0n) is 12.0. The van der Waals surface area contributed by atoms with Crippen molar-refractivity contribution in [3.8, 4) is 0 Å². The molecule has 0 heterocycles. The fourth-order valence-electron chi connectivity index (χ4n) is 3.26. The monoisotopic (exact) mass is 371 g/mol.